The van der Waals surface area contributed by atoms with Crippen LogP contribution in [0.3, 0.4) is 0 Å². The standard InChI is InChI=1S/C15H15NO3S2/c1-19-12-6-9-21-14(12)15(18)16-10-13-11(5-8-20-13)4-2-3-7-17/h5-6,8-9,17H,3,7,10H2,1H3,(H,16,18). The summed E-state index contributed by atoms with van der Waals surface area (Å²) in [7, 11) is 1.55. The van der Waals surface area contributed by atoms with Crippen molar-refractivity contribution in [2.24, 2.45) is 0 Å². The summed E-state index contributed by atoms with van der Waals surface area (Å²) in [5.74, 6) is 6.33. The third-order valence-electron chi connectivity index (χ3n) is 2.67. The Morgan fingerprint density at radius 1 is 1.38 bits per heavy atom. The van der Waals surface area contributed by atoms with Gasteiger partial charge in [0.1, 0.15) is 10.6 Å². The Morgan fingerprint density at radius 2 is 2.19 bits per heavy atom. The van der Waals surface area contributed by atoms with E-state index in [1.54, 1.807) is 24.5 Å². The molecule has 4 nitrogen and oxygen atoms in total. The zero-order chi connectivity index (χ0) is 15.1. The second kappa shape index (κ2) is 7.84. The van der Waals surface area contributed by atoms with E-state index < -0.39 is 0 Å². The Kier molecular flexibility index (Phi) is 5.81. The second-order valence-corrected chi connectivity index (χ2v) is 5.95. The van der Waals surface area contributed by atoms with Gasteiger partial charge < -0.3 is 15.2 Å². The predicted octanol–water partition coefficient (Wildman–Crippen LogP) is 2.48. The number of hydrogen-bond donors (Lipinski definition) is 2. The first-order valence-electron chi connectivity index (χ1n) is 6.32. The van der Waals surface area contributed by atoms with Gasteiger partial charge in [-0.3, -0.25) is 4.79 Å². The SMILES string of the molecule is COc1ccsc1C(=O)NCc1sccc1C#CCCO. The molecule has 0 spiro atoms. The highest BCUT2D eigenvalue weighted by Crippen LogP contribution is 2.24. The Labute approximate surface area is 131 Å². The topological polar surface area (TPSA) is 58.6 Å². The van der Waals surface area contributed by atoms with Crippen molar-refractivity contribution in [1.29, 1.82) is 0 Å². The molecule has 0 fully saturated rings. The Hall–Kier alpha value is -1.81. The van der Waals surface area contributed by atoms with E-state index in [9.17, 15) is 4.79 Å². The first-order chi connectivity index (χ1) is 10.3. The number of amides is 1. The van der Waals surface area contributed by atoms with Gasteiger partial charge in [0.05, 0.1) is 20.3 Å². The lowest BCUT2D eigenvalue weighted by molar-refractivity contribution is 0.0952. The van der Waals surface area contributed by atoms with E-state index in [1.165, 1.54) is 11.3 Å². The summed E-state index contributed by atoms with van der Waals surface area (Å²) in [5, 5.41) is 15.4. The van der Waals surface area contributed by atoms with Gasteiger partial charge in [0, 0.05) is 16.9 Å². The molecular formula is C15H15NO3S2. The van der Waals surface area contributed by atoms with Crippen LogP contribution in [0.15, 0.2) is 22.9 Å². The maximum Gasteiger partial charge on any atom is 0.265 e. The zero-order valence-electron chi connectivity index (χ0n) is 11.5. The molecule has 21 heavy (non-hydrogen) atoms. The van der Waals surface area contributed by atoms with E-state index in [2.05, 4.69) is 17.2 Å². The number of aliphatic hydroxyl groups excluding tert-OH is 1. The molecule has 2 rings (SSSR count). The quantitative estimate of drug-likeness (QED) is 0.832. The second-order valence-electron chi connectivity index (χ2n) is 4.03. The third kappa shape index (κ3) is 4.08. The number of methoxy groups -OCH3 is 1. The summed E-state index contributed by atoms with van der Waals surface area (Å²) < 4.78 is 5.14. The van der Waals surface area contributed by atoms with Crippen molar-refractivity contribution in [1.82, 2.24) is 5.32 Å². The lowest BCUT2D eigenvalue weighted by Gasteiger charge is -2.04. The summed E-state index contributed by atoms with van der Waals surface area (Å²) in [6.45, 7) is 0.488. The molecule has 110 valence electrons. The van der Waals surface area contributed by atoms with E-state index >= 15 is 0 Å². The van der Waals surface area contributed by atoms with E-state index in [0.29, 0.717) is 23.6 Å². The van der Waals surface area contributed by atoms with Crippen molar-refractivity contribution < 1.29 is 14.6 Å². The molecule has 0 atom stereocenters. The van der Waals surface area contributed by atoms with Gasteiger partial charge in [-0.05, 0) is 22.9 Å². The predicted molar refractivity (Wildman–Crippen MR) is 84.9 cm³/mol. The maximum absolute atomic E-state index is 12.1. The monoisotopic (exact) mass is 321 g/mol. The highest BCUT2D eigenvalue weighted by molar-refractivity contribution is 7.12. The maximum atomic E-state index is 12.1. The van der Waals surface area contributed by atoms with Crippen molar-refractivity contribution >= 4 is 28.6 Å². The number of rotatable bonds is 5. The van der Waals surface area contributed by atoms with E-state index in [1.807, 2.05) is 16.8 Å². The molecule has 2 N–H and O–H groups in total. The minimum atomic E-state index is -0.149. The zero-order valence-corrected chi connectivity index (χ0v) is 13.1. The number of carbonyl (C=O) groups excluding carboxylic acids is 1. The van der Waals surface area contributed by atoms with Crippen LogP contribution in [0.1, 0.15) is 26.5 Å². The highest BCUT2D eigenvalue weighted by Gasteiger charge is 2.14. The summed E-state index contributed by atoms with van der Waals surface area (Å²) in [4.78, 5) is 13.7. The van der Waals surface area contributed by atoms with Crippen LogP contribution in [-0.4, -0.2) is 24.7 Å². The van der Waals surface area contributed by atoms with E-state index in [0.717, 1.165) is 10.4 Å². The number of ether oxygens (including phenoxy) is 1. The number of thiophene rings is 2. The molecule has 0 saturated heterocycles. The summed E-state index contributed by atoms with van der Waals surface area (Å²) >= 11 is 2.90. The summed E-state index contributed by atoms with van der Waals surface area (Å²) in [6, 6.07) is 3.69. The molecule has 0 bridgehead atoms. The van der Waals surface area contributed by atoms with Crippen LogP contribution in [0.5, 0.6) is 5.75 Å². The number of nitrogens with one attached hydrogen (secondary N) is 1. The van der Waals surface area contributed by atoms with Gasteiger partial charge in [-0.2, -0.15) is 0 Å². The third-order valence-corrected chi connectivity index (χ3v) is 4.49. The van der Waals surface area contributed by atoms with Crippen molar-refractivity contribution in [2.75, 3.05) is 13.7 Å². The molecule has 0 saturated carbocycles. The Morgan fingerprint density at radius 3 is 2.95 bits per heavy atom. The molecule has 0 aromatic carbocycles. The minimum Gasteiger partial charge on any atom is -0.495 e. The highest BCUT2D eigenvalue weighted by atomic mass is 32.1. The van der Waals surface area contributed by atoms with Gasteiger partial charge in [-0.25, -0.2) is 0 Å². The average Bonchev–Trinajstić information content (AvgIpc) is 3.13. The van der Waals surface area contributed by atoms with Gasteiger partial charge in [-0.1, -0.05) is 11.8 Å². The molecular weight excluding hydrogens is 306 g/mol. The average molecular weight is 321 g/mol. The van der Waals surface area contributed by atoms with Crippen molar-refractivity contribution in [3.63, 3.8) is 0 Å². The van der Waals surface area contributed by atoms with Crippen molar-refractivity contribution in [3.05, 3.63) is 38.2 Å². The summed E-state index contributed by atoms with van der Waals surface area (Å²) in [5.41, 5.74) is 0.895. The van der Waals surface area contributed by atoms with Crippen molar-refractivity contribution in [3.8, 4) is 17.6 Å². The fraction of sp³-hybridized carbons (Fsp3) is 0.267. The van der Waals surface area contributed by atoms with E-state index in [4.69, 9.17) is 9.84 Å². The lowest BCUT2D eigenvalue weighted by atomic mass is 10.2. The fourth-order valence-electron chi connectivity index (χ4n) is 1.67. The molecule has 2 aromatic rings. The molecule has 1 amide bonds. The number of hydrogen-bond acceptors (Lipinski definition) is 5. The smallest absolute Gasteiger partial charge is 0.265 e. The molecule has 0 unspecified atom stereocenters. The van der Waals surface area contributed by atoms with Crippen molar-refractivity contribution in [2.45, 2.75) is 13.0 Å². The molecule has 2 aromatic heterocycles. The number of aliphatic hydroxyl groups is 1. The van der Waals surface area contributed by atoms with Crippen LogP contribution in [-0.2, 0) is 6.54 Å². The van der Waals surface area contributed by atoms with Crippen LogP contribution in [0, 0.1) is 11.8 Å². The van der Waals surface area contributed by atoms with Crippen LogP contribution >= 0.6 is 22.7 Å². The van der Waals surface area contributed by atoms with Crippen LogP contribution in [0.4, 0.5) is 0 Å². The first-order valence-corrected chi connectivity index (χ1v) is 8.08. The van der Waals surface area contributed by atoms with Gasteiger partial charge in [0.25, 0.3) is 5.91 Å². The molecule has 0 aliphatic rings. The normalized spacial score (nSPS) is 9.81. The van der Waals surface area contributed by atoms with Crippen LogP contribution in [0.25, 0.3) is 0 Å². The molecule has 6 heteroatoms. The summed E-state index contributed by atoms with van der Waals surface area (Å²) in [6.07, 6.45) is 0.452. The molecule has 0 radical (unpaired) electrons. The largest absolute Gasteiger partial charge is 0.495 e. The van der Waals surface area contributed by atoms with Gasteiger partial charge >= 0.3 is 0 Å². The lowest BCUT2D eigenvalue weighted by Crippen LogP contribution is -2.22. The first kappa shape index (κ1) is 15.6. The van der Waals surface area contributed by atoms with Gasteiger partial charge in [0.2, 0.25) is 0 Å². The van der Waals surface area contributed by atoms with Gasteiger partial charge in [-0.15, -0.1) is 22.7 Å². The molecule has 0 aliphatic heterocycles. The molecule has 2 heterocycles. The number of carbonyl (C=O) groups is 1. The van der Waals surface area contributed by atoms with E-state index in [-0.39, 0.29) is 12.5 Å². The Bertz CT molecular complexity index is 664. The fourth-order valence-corrected chi connectivity index (χ4v) is 3.21. The minimum absolute atomic E-state index is 0.0569. The molecule has 0 aliphatic carbocycles. The van der Waals surface area contributed by atoms with Gasteiger partial charge in [0.15, 0.2) is 0 Å². The Balaban J connectivity index is 1.99. The van der Waals surface area contributed by atoms with Crippen LogP contribution in [0.2, 0.25) is 0 Å². The van der Waals surface area contributed by atoms with Crippen LogP contribution < -0.4 is 10.1 Å².